The van der Waals surface area contributed by atoms with Gasteiger partial charge in [0.1, 0.15) is 6.61 Å². The van der Waals surface area contributed by atoms with Crippen LogP contribution in [-0.4, -0.2) is 39.6 Å². The van der Waals surface area contributed by atoms with Crippen molar-refractivity contribution >= 4 is 0 Å². The van der Waals surface area contributed by atoms with E-state index in [-0.39, 0.29) is 0 Å². The predicted molar refractivity (Wildman–Crippen MR) is 121 cm³/mol. The standard InChI is InChI=1S/C25H48O3/c1-3-5-6-7-8-9-10-11-12-13-14-15-16-17-18-19-21-27-23-25-28-24-22-26-20-4-2/h2H,3,5-25H2,1H3. The van der Waals surface area contributed by atoms with Crippen LogP contribution in [0.4, 0.5) is 0 Å². The van der Waals surface area contributed by atoms with Crippen molar-refractivity contribution in [1.29, 1.82) is 0 Å². The molecule has 0 rings (SSSR count). The highest BCUT2D eigenvalue weighted by atomic mass is 16.5. The minimum Gasteiger partial charge on any atom is -0.379 e. The van der Waals surface area contributed by atoms with Crippen LogP contribution >= 0.6 is 0 Å². The third kappa shape index (κ3) is 25.4. The fourth-order valence-corrected chi connectivity index (χ4v) is 3.32. The average Bonchev–Trinajstić information content (AvgIpc) is 2.71. The summed E-state index contributed by atoms with van der Waals surface area (Å²) in [6, 6.07) is 0. The molecule has 0 aromatic heterocycles. The van der Waals surface area contributed by atoms with Gasteiger partial charge in [-0.2, -0.15) is 0 Å². The monoisotopic (exact) mass is 396 g/mol. The van der Waals surface area contributed by atoms with Gasteiger partial charge in [0.25, 0.3) is 0 Å². The Kier molecular flexibility index (Phi) is 25.9. The highest BCUT2D eigenvalue weighted by molar-refractivity contribution is 4.82. The van der Waals surface area contributed by atoms with Gasteiger partial charge in [0.2, 0.25) is 0 Å². The molecular weight excluding hydrogens is 348 g/mol. The third-order valence-electron chi connectivity index (χ3n) is 5.07. The molecule has 0 saturated carbocycles. The SMILES string of the molecule is C#CCOCCOCCOCCCCCCCCCCCCCCCCCC. The zero-order valence-electron chi connectivity index (χ0n) is 18.9. The Bertz CT molecular complexity index is 311. The fourth-order valence-electron chi connectivity index (χ4n) is 3.32. The van der Waals surface area contributed by atoms with E-state index in [1.165, 1.54) is 103 Å². The molecular formula is C25H48O3. The van der Waals surface area contributed by atoms with Crippen LogP contribution in [0.3, 0.4) is 0 Å². The zero-order valence-corrected chi connectivity index (χ0v) is 18.9. The Morgan fingerprint density at radius 1 is 0.464 bits per heavy atom. The van der Waals surface area contributed by atoms with Crippen LogP contribution in [0, 0.1) is 12.3 Å². The van der Waals surface area contributed by atoms with E-state index in [2.05, 4.69) is 12.8 Å². The molecule has 0 aromatic rings. The largest absolute Gasteiger partial charge is 0.379 e. The molecule has 0 aromatic carbocycles. The van der Waals surface area contributed by atoms with Gasteiger partial charge in [-0.3, -0.25) is 0 Å². The van der Waals surface area contributed by atoms with Gasteiger partial charge in [-0.1, -0.05) is 109 Å². The van der Waals surface area contributed by atoms with Crippen LogP contribution in [0.5, 0.6) is 0 Å². The summed E-state index contributed by atoms with van der Waals surface area (Å²) < 4.78 is 16.1. The molecule has 0 aliphatic heterocycles. The molecule has 0 unspecified atom stereocenters. The molecule has 0 bridgehead atoms. The quantitative estimate of drug-likeness (QED) is 0.131. The van der Waals surface area contributed by atoms with Gasteiger partial charge in [0.05, 0.1) is 26.4 Å². The van der Waals surface area contributed by atoms with E-state index >= 15 is 0 Å². The highest BCUT2D eigenvalue weighted by Gasteiger charge is 1.95. The van der Waals surface area contributed by atoms with Crippen LogP contribution in [-0.2, 0) is 14.2 Å². The third-order valence-corrected chi connectivity index (χ3v) is 5.07. The Morgan fingerprint density at radius 2 is 0.821 bits per heavy atom. The van der Waals surface area contributed by atoms with E-state index in [1.807, 2.05) is 0 Å². The molecule has 0 heterocycles. The summed E-state index contributed by atoms with van der Waals surface area (Å²) in [6.07, 6.45) is 27.5. The average molecular weight is 397 g/mol. The van der Waals surface area contributed by atoms with Crippen LogP contribution in [0.15, 0.2) is 0 Å². The summed E-state index contributed by atoms with van der Waals surface area (Å²) in [5.74, 6) is 2.43. The second-order valence-corrected chi connectivity index (χ2v) is 7.78. The molecule has 0 saturated heterocycles. The number of ether oxygens (including phenoxy) is 3. The van der Waals surface area contributed by atoms with Crippen LogP contribution in [0.1, 0.15) is 110 Å². The second kappa shape index (κ2) is 26.4. The predicted octanol–water partition coefficient (Wildman–Crippen LogP) is 6.93. The minimum atomic E-state index is 0.360. The summed E-state index contributed by atoms with van der Waals surface area (Å²) in [5, 5.41) is 0. The summed E-state index contributed by atoms with van der Waals surface area (Å²) in [7, 11) is 0. The van der Waals surface area contributed by atoms with Crippen molar-refractivity contribution in [3.05, 3.63) is 0 Å². The highest BCUT2D eigenvalue weighted by Crippen LogP contribution is 2.13. The lowest BCUT2D eigenvalue weighted by atomic mass is 10.0. The fraction of sp³-hybridized carbons (Fsp3) is 0.920. The summed E-state index contributed by atoms with van der Waals surface area (Å²) >= 11 is 0. The first kappa shape index (κ1) is 27.4. The first-order valence-corrected chi connectivity index (χ1v) is 12.1. The lowest BCUT2D eigenvalue weighted by Gasteiger charge is -2.06. The molecule has 3 nitrogen and oxygen atoms in total. The summed E-state index contributed by atoms with van der Waals surface area (Å²) in [4.78, 5) is 0. The molecule has 166 valence electrons. The van der Waals surface area contributed by atoms with Crippen molar-refractivity contribution < 1.29 is 14.2 Å². The van der Waals surface area contributed by atoms with Gasteiger partial charge in [0.15, 0.2) is 0 Å². The molecule has 0 aliphatic rings. The maximum atomic E-state index is 5.58. The lowest BCUT2D eigenvalue weighted by Crippen LogP contribution is -2.09. The molecule has 0 aliphatic carbocycles. The number of hydrogen-bond donors (Lipinski definition) is 0. The number of rotatable bonds is 24. The van der Waals surface area contributed by atoms with E-state index in [9.17, 15) is 0 Å². The first-order valence-electron chi connectivity index (χ1n) is 12.1. The molecule has 0 amide bonds. The van der Waals surface area contributed by atoms with E-state index in [4.69, 9.17) is 20.6 Å². The van der Waals surface area contributed by atoms with Gasteiger partial charge in [-0.15, -0.1) is 6.42 Å². The molecule has 28 heavy (non-hydrogen) atoms. The maximum Gasteiger partial charge on any atom is 0.107 e. The van der Waals surface area contributed by atoms with E-state index in [1.54, 1.807) is 0 Å². The lowest BCUT2D eigenvalue weighted by molar-refractivity contribution is 0.0195. The normalized spacial score (nSPS) is 11.0. The summed E-state index contributed by atoms with van der Waals surface area (Å²) in [6.45, 7) is 5.96. The van der Waals surface area contributed by atoms with E-state index in [0.29, 0.717) is 33.0 Å². The van der Waals surface area contributed by atoms with Crippen molar-refractivity contribution in [2.24, 2.45) is 0 Å². The van der Waals surface area contributed by atoms with Gasteiger partial charge >= 0.3 is 0 Å². The molecule has 0 radical (unpaired) electrons. The number of hydrogen-bond acceptors (Lipinski definition) is 3. The maximum absolute atomic E-state index is 5.58. The van der Waals surface area contributed by atoms with Gasteiger partial charge in [-0.25, -0.2) is 0 Å². The Balaban J connectivity index is 2.97. The van der Waals surface area contributed by atoms with Crippen molar-refractivity contribution in [2.45, 2.75) is 110 Å². The van der Waals surface area contributed by atoms with Crippen molar-refractivity contribution in [3.8, 4) is 12.3 Å². The van der Waals surface area contributed by atoms with Crippen molar-refractivity contribution in [3.63, 3.8) is 0 Å². The topological polar surface area (TPSA) is 27.7 Å². The van der Waals surface area contributed by atoms with Gasteiger partial charge < -0.3 is 14.2 Å². The van der Waals surface area contributed by atoms with Gasteiger partial charge in [-0.05, 0) is 6.42 Å². The first-order chi connectivity index (χ1) is 13.9. The number of unbranched alkanes of at least 4 members (excludes halogenated alkanes) is 15. The van der Waals surface area contributed by atoms with Crippen LogP contribution < -0.4 is 0 Å². The number of terminal acetylenes is 1. The Morgan fingerprint density at radius 3 is 1.25 bits per heavy atom. The van der Waals surface area contributed by atoms with Crippen molar-refractivity contribution in [1.82, 2.24) is 0 Å². The van der Waals surface area contributed by atoms with Crippen LogP contribution in [0.25, 0.3) is 0 Å². The molecule has 3 heteroatoms. The smallest absolute Gasteiger partial charge is 0.107 e. The molecule has 0 fully saturated rings. The second-order valence-electron chi connectivity index (χ2n) is 7.78. The molecule has 0 spiro atoms. The Labute approximate surface area is 176 Å². The molecule has 0 atom stereocenters. The van der Waals surface area contributed by atoms with E-state index < -0.39 is 0 Å². The van der Waals surface area contributed by atoms with Gasteiger partial charge in [0, 0.05) is 6.61 Å². The zero-order chi connectivity index (χ0) is 20.4. The minimum absolute atomic E-state index is 0.360. The Hall–Kier alpha value is -0.560. The van der Waals surface area contributed by atoms with Crippen molar-refractivity contribution in [2.75, 3.05) is 39.6 Å². The van der Waals surface area contributed by atoms with Crippen LogP contribution in [0.2, 0.25) is 0 Å². The summed E-state index contributed by atoms with van der Waals surface area (Å²) in [5.41, 5.74) is 0. The molecule has 0 N–H and O–H groups in total. The van der Waals surface area contributed by atoms with E-state index in [0.717, 1.165) is 6.61 Å².